The van der Waals surface area contributed by atoms with Crippen LogP contribution in [0.15, 0.2) is 62.8 Å². The minimum Gasteiger partial charge on any atom is -0.459 e. The normalized spacial score (nSPS) is 16.1. The molecule has 0 aliphatic carbocycles. The van der Waals surface area contributed by atoms with Crippen LogP contribution in [0.5, 0.6) is 0 Å². The molecule has 3 heterocycles. The molecule has 4 rings (SSSR count). The predicted molar refractivity (Wildman–Crippen MR) is 122 cm³/mol. The Hall–Kier alpha value is -3.37. The van der Waals surface area contributed by atoms with E-state index in [2.05, 4.69) is 4.99 Å². The molecule has 0 bridgehead atoms. The topological polar surface area (TPSA) is 104 Å². The summed E-state index contributed by atoms with van der Waals surface area (Å²) in [6.07, 6.45) is 1.29. The van der Waals surface area contributed by atoms with Crippen molar-refractivity contribution in [3.05, 3.63) is 93.3 Å². The lowest BCUT2D eigenvalue weighted by Gasteiger charge is -2.24. The lowest BCUT2D eigenvalue weighted by molar-refractivity contribution is -0.384. The lowest BCUT2D eigenvalue weighted by atomic mass is 10.0. The second-order valence-corrected chi connectivity index (χ2v) is 9.39. The molecule has 0 fully saturated rings. The third kappa shape index (κ3) is 4.06. The Morgan fingerprint density at radius 2 is 2.09 bits per heavy atom. The molecule has 1 aliphatic rings. The van der Waals surface area contributed by atoms with Gasteiger partial charge in [0.15, 0.2) is 4.80 Å². The Labute approximate surface area is 190 Å². The summed E-state index contributed by atoms with van der Waals surface area (Å²) in [5, 5.41) is 13.0. The van der Waals surface area contributed by atoms with E-state index in [1.807, 2.05) is 17.5 Å². The van der Waals surface area contributed by atoms with Crippen LogP contribution in [0.25, 0.3) is 6.08 Å². The van der Waals surface area contributed by atoms with Crippen LogP contribution in [0.4, 0.5) is 5.69 Å². The van der Waals surface area contributed by atoms with Gasteiger partial charge in [0.2, 0.25) is 0 Å². The van der Waals surface area contributed by atoms with Crippen LogP contribution in [-0.2, 0) is 9.53 Å². The summed E-state index contributed by atoms with van der Waals surface area (Å²) < 4.78 is 7.32. The number of hydrogen-bond acceptors (Lipinski definition) is 8. The average Bonchev–Trinajstić information content (AvgIpc) is 3.35. The number of ether oxygens (including phenoxy) is 1. The first-order chi connectivity index (χ1) is 15.3. The summed E-state index contributed by atoms with van der Waals surface area (Å²) in [6.45, 7) is 5.26. The SMILES string of the molecule is CC1=C(C(=O)OC(C)C)C(c2cccs2)n2c(sc(=Cc3cccc([N+](=O)[O-])c3)c2=O)=N1. The molecule has 3 aromatic rings. The number of thiophene rings is 1. The molecule has 0 saturated carbocycles. The Morgan fingerprint density at radius 1 is 1.31 bits per heavy atom. The summed E-state index contributed by atoms with van der Waals surface area (Å²) >= 11 is 2.62. The van der Waals surface area contributed by atoms with E-state index in [-0.39, 0.29) is 17.4 Å². The predicted octanol–water partition coefficient (Wildman–Crippen LogP) is 3.16. The highest BCUT2D eigenvalue weighted by Crippen LogP contribution is 2.33. The van der Waals surface area contributed by atoms with Gasteiger partial charge >= 0.3 is 5.97 Å². The number of thiazole rings is 1. The summed E-state index contributed by atoms with van der Waals surface area (Å²) in [6, 6.07) is 9.15. The average molecular weight is 470 g/mol. The van der Waals surface area contributed by atoms with Crippen molar-refractivity contribution in [2.45, 2.75) is 32.9 Å². The van der Waals surface area contributed by atoms with E-state index in [0.717, 1.165) is 4.88 Å². The number of fused-ring (bicyclic) bond motifs is 1. The van der Waals surface area contributed by atoms with Crippen molar-refractivity contribution in [2.75, 3.05) is 0 Å². The fourth-order valence-corrected chi connectivity index (χ4v) is 5.33. The Kier molecular flexibility index (Phi) is 5.90. The molecule has 1 unspecified atom stereocenters. The van der Waals surface area contributed by atoms with E-state index >= 15 is 0 Å². The van der Waals surface area contributed by atoms with Crippen molar-refractivity contribution in [1.29, 1.82) is 0 Å². The maximum atomic E-state index is 13.4. The molecule has 1 aromatic carbocycles. The van der Waals surface area contributed by atoms with E-state index in [1.54, 1.807) is 39.0 Å². The number of nitrogens with zero attached hydrogens (tertiary/aromatic N) is 3. The number of rotatable bonds is 5. The summed E-state index contributed by atoms with van der Waals surface area (Å²) in [5.74, 6) is -0.507. The number of benzene rings is 1. The van der Waals surface area contributed by atoms with Gasteiger partial charge in [0.25, 0.3) is 11.2 Å². The number of hydrogen-bond donors (Lipinski definition) is 0. The first-order valence-corrected chi connectivity index (χ1v) is 11.5. The zero-order valence-electron chi connectivity index (χ0n) is 17.5. The molecule has 8 nitrogen and oxygen atoms in total. The zero-order chi connectivity index (χ0) is 23.0. The van der Waals surface area contributed by atoms with Crippen LogP contribution in [-0.4, -0.2) is 21.6 Å². The quantitative estimate of drug-likeness (QED) is 0.324. The van der Waals surface area contributed by atoms with Crippen LogP contribution in [0.2, 0.25) is 0 Å². The van der Waals surface area contributed by atoms with Gasteiger partial charge in [-0.05, 0) is 43.9 Å². The molecule has 1 atom stereocenters. The number of non-ortho nitro benzene ring substituents is 1. The number of nitro groups is 1. The molecule has 164 valence electrons. The van der Waals surface area contributed by atoms with Gasteiger partial charge in [-0.2, -0.15) is 0 Å². The maximum Gasteiger partial charge on any atom is 0.338 e. The lowest BCUT2D eigenvalue weighted by Crippen LogP contribution is -2.39. The standard InChI is InChI=1S/C22H19N3O5S2/c1-12(2)30-21(27)18-13(3)23-22-24(19(18)16-8-5-9-31-16)20(26)17(32-22)11-14-6-4-7-15(10-14)25(28)29/h4-12,19H,1-3H3. The number of allylic oxidation sites excluding steroid dienone is 1. The smallest absolute Gasteiger partial charge is 0.338 e. The Bertz CT molecular complexity index is 1410. The Balaban J connectivity index is 1.91. The molecule has 0 saturated heterocycles. The summed E-state index contributed by atoms with van der Waals surface area (Å²) in [7, 11) is 0. The minimum atomic E-state index is -0.648. The van der Waals surface area contributed by atoms with Gasteiger partial charge < -0.3 is 4.74 Å². The molecular weight excluding hydrogens is 450 g/mol. The molecule has 0 spiro atoms. The van der Waals surface area contributed by atoms with Gasteiger partial charge in [0.1, 0.15) is 6.04 Å². The highest BCUT2D eigenvalue weighted by Gasteiger charge is 2.34. The van der Waals surface area contributed by atoms with Crippen molar-refractivity contribution < 1.29 is 14.5 Å². The van der Waals surface area contributed by atoms with E-state index in [9.17, 15) is 19.7 Å². The van der Waals surface area contributed by atoms with Crippen molar-refractivity contribution >= 4 is 40.4 Å². The van der Waals surface area contributed by atoms with Crippen molar-refractivity contribution in [1.82, 2.24) is 4.57 Å². The van der Waals surface area contributed by atoms with Crippen LogP contribution in [0.1, 0.15) is 37.3 Å². The minimum absolute atomic E-state index is 0.0578. The van der Waals surface area contributed by atoms with Gasteiger partial charge in [-0.15, -0.1) is 11.3 Å². The molecular formula is C22H19N3O5S2. The zero-order valence-corrected chi connectivity index (χ0v) is 19.1. The van der Waals surface area contributed by atoms with Gasteiger partial charge in [0.05, 0.1) is 26.8 Å². The van der Waals surface area contributed by atoms with Crippen molar-refractivity contribution in [3.63, 3.8) is 0 Å². The van der Waals surface area contributed by atoms with E-state index < -0.39 is 16.9 Å². The van der Waals surface area contributed by atoms with Crippen LogP contribution in [0.3, 0.4) is 0 Å². The van der Waals surface area contributed by atoms with Gasteiger partial charge in [-0.3, -0.25) is 19.5 Å². The first kappa shape index (κ1) is 21.8. The van der Waals surface area contributed by atoms with Crippen LogP contribution >= 0.6 is 22.7 Å². The molecule has 10 heteroatoms. The third-order valence-electron chi connectivity index (χ3n) is 4.78. The number of aromatic nitrogens is 1. The molecule has 0 amide bonds. The molecule has 0 radical (unpaired) electrons. The van der Waals surface area contributed by atoms with Crippen LogP contribution in [0, 0.1) is 10.1 Å². The largest absolute Gasteiger partial charge is 0.459 e. The highest BCUT2D eigenvalue weighted by molar-refractivity contribution is 7.10. The van der Waals surface area contributed by atoms with Gasteiger partial charge in [0, 0.05) is 17.0 Å². The maximum absolute atomic E-state index is 13.4. The number of carbonyl (C=O) groups excluding carboxylic acids is 1. The Morgan fingerprint density at radius 3 is 2.75 bits per heavy atom. The van der Waals surface area contributed by atoms with E-state index in [4.69, 9.17) is 4.74 Å². The van der Waals surface area contributed by atoms with Crippen molar-refractivity contribution in [2.24, 2.45) is 4.99 Å². The first-order valence-electron chi connectivity index (χ1n) is 9.77. The summed E-state index contributed by atoms with van der Waals surface area (Å²) in [5.41, 5.74) is 0.985. The number of carbonyl (C=O) groups is 1. The highest BCUT2D eigenvalue weighted by atomic mass is 32.1. The summed E-state index contributed by atoms with van der Waals surface area (Å²) in [4.78, 5) is 42.7. The molecule has 1 aliphatic heterocycles. The van der Waals surface area contributed by atoms with E-state index in [0.29, 0.717) is 26.2 Å². The van der Waals surface area contributed by atoms with Gasteiger partial charge in [-0.25, -0.2) is 9.79 Å². The fourth-order valence-electron chi connectivity index (χ4n) is 3.46. The number of esters is 1. The van der Waals surface area contributed by atoms with Crippen LogP contribution < -0.4 is 14.9 Å². The molecule has 2 aromatic heterocycles. The molecule has 32 heavy (non-hydrogen) atoms. The monoisotopic (exact) mass is 469 g/mol. The second kappa shape index (κ2) is 8.64. The molecule has 0 N–H and O–H groups in total. The second-order valence-electron chi connectivity index (χ2n) is 7.40. The van der Waals surface area contributed by atoms with E-state index in [1.165, 1.54) is 39.4 Å². The van der Waals surface area contributed by atoms with Gasteiger partial charge in [-0.1, -0.05) is 29.5 Å². The third-order valence-corrected chi connectivity index (χ3v) is 6.68. The van der Waals surface area contributed by atoms with Crippen molar-refractivity contribution in [3.8, 4) is 0 Å². The fraction of sp³-hybridized carbons (Fsp3) is 0.227. The number of nitro benzene ring substituents is 1.